The van der Waals surface area contributed by atoms with Crippen LogP contribution in [0.15, 0.2) is 84.9 Å². The molecular formula is C53H73N7O13. The first-order valence-corrected chi connectivity index (χ1v) is 24.1. The molecule has 0 saturated heterocycles. The summed E-state index contributed by atoms with van der Waals surface area (Å²) in [6, 6.07) is 15.3. The van der Waals surface area contributed by atoms with Crippen LogP contribution in [0, 0.1) is 11.8 Å². The predicted octanol–water partition coefficient (Wildman–Crippen LogP) is 3.42. The number of nitrogens with one attached hydrogen (secondary N) is 7. The maximum atomic E-state index is 14.4. The lowest BCUT2D eigenvalue weighted by atomic mass is 9.99. The molecule has 0 radical (unpaired) electrons. The molecule has 3 rings (SSSR count). The van der Waals surface area contributed by atoms with E-state index in [2.05, 4.69) is 37.2 Å². The second kappa shape index (κ2) is 27.9. The van der Waals surface area contributed by atoms with E-state index >= 15 is 0 Å². The van der Waals surface area contributed by atoms with Gasteiger partial charge in [-0.3, -0.25) is 38.4 Å². The van der Waals surface area contributed by atoms with Gasteiger partial charge in [0.1, 0.15) is 66.4 Å². The van der Waals surface area contributed by atoms with Crippen LogP contribution >= 0.6 is 0 Å². The van der Waals surface area contributed by atoms with Crippen LogP contribution in [0.25, 0.3) is 0 Å². The second-order valence-electron chi connectivity index (χ2n) is 20.2. The van der Waals surface area contributed by atoms with E-state index in [1.54, 1.807) is 142 Å². The van der Waals surface area contributed by atoms with Gasteiger partial charge in [0, 0.05) is 12.8 Å². The molecule has 0 aliphatic rings. The molecule has 0 bridgehead atoms. The number of hydrogen-bond acceptors (Lipinski definition) is 13. The highest BCUT2D eigenvalue weighted by Gasteiger charge is 2.36. The Balaban J connectivity index is 1.86. The minimum absolute atomic E-state index is 0.0173. The number of phenolic OH excluding ortho intramolecular Hbond substituents is 1. The van der Waals surface area contributed by atoms with Gasteiger partial charge in [0.2, 0.25) is 35.4 Å². The maximum absolute atomic E-state index is 14.4. The lowest BCUT2D eigenvalue weighted by Gasteiger charge is -2.29. The second-order valence-corrected chi connectivity index (χ2v) is 20.2. The molecule has 3 aromatic rings. The van der Waals surface area contributed by atoms with Crippen molar-refractivity contribution >= 4 is 53.5 Å². The van der Waals surface area contributed by atoms with Gasteiger partial charge >= 0.3 is 18.0 Å². The summed E-state index contributed by atoms with van der Waals surface area (Å²) in [5.74, 6) is -7.61. The molecule has 73 heavy (non-hydrogen) atoms. The van der Waals surface area contributed by atoms with Crippen molar-refractivity contribution in [2.45, 2.75) is 149 Å². The first kappa shape index (κ1) is 59.8. The summed E-state index contributed by atoms with van der Waals surface area (Å²) in [6.45, 7) is 17.3. The number of phenols is 1. The molecule has 0 saturated carbocycles. The molecule has 3 aromatic carbocycles. The van der Waals surface area contributed by atoms with E-state index < -0.39 is 126 Å². The Labute approximate surface area is 427 Å². The van der Waals surface area contributed by atoms with Gasteiger partial charge in [0.05, 0.1) is 6.42 Å². The number of amides is 7. The van der Waals surface area contributed by atoms with Gasteiger partial charge in [-0.25, -0.2) is 4.79 Å². The van der Waals surface area contributed by atoms with Crippen LogP contribution in [0.2, 0.25) is 0 Å². The van der Waals surface area contributed by atoms with E-state index in [1.165, 1.54) is 19.1 Å². The van der Waals surface area contributed by atoms with Crippen molar-refractivity contribution in [2.24, 2.45) is 11.8 Å². The van der Waals surface area contributed by atoms with Crippen LogP contribution < -0.4 is 37.2 Å². The Bertz CT molecular complexity index is 2350. The van der Waals surface area contributed by atoms with E-state index in [9.17, 15) is 48.3 Å². The third-order valence-electron chi connectivity index (χ3n) is 10.6. The minimum Gasteiger partial charge on any atom is -0.508 e. The molecule has 0 fully saturated rings. The van der Waals surface area contributed by atoms with Crippen molar-refractivity contribution in [3.05, 3.63) is 102 Å². The van der Waals surface area contributed by atoms with Crippen molar-refractivity contribution in [3.63, 3.8) is 0 Å². The largest absolute Gasteiger partial charge is 0.508 e. The Morgan fingerprint density at radius 1 is 0.479 bits per heavy atom. The highest BCUT2D eigenvalue weighted by atomic mass is 16.6. The quantitative estimate of drug-likeness (QED) is 0.0472. The zero-order valence-corrected chi connectivity index (χ0v) is 43.6. The average molecular weight is 1020 g/mol. The molecule has 0 aliphatic heterocycles. The molecule has 0 aromatic heterocycles. The zero-order valence-electron chi connectivity index (χ0n) is 43.6. The van der Waals surface area contributed by atoms with Crippen molar-refractivity contribution in [2.75, 3.05) is 6.54 Å². The van der Waals surface area contributed by atoms with Crippen molar-refractivity contribution in [1.82, 2.24) is 37.2 Å². The first-order valence-electron chi connectivity index (χ1n) is 24.1. The molecule has 0 spiro atoms. The lowest BCUT2D eigenvalue weighted by molar-refractivity contribution is -0.157. The summed E-state index contributed by atoms with van der Waals surface area (Å²) in [6.07, 6.45) is -1.81. The maximum Gasteiger partial charge on any atom is 0.408 e. The fraction of sp³-hybridized carbons (Fsp3) is 0.491. The lowest BCUT2D eigenvalue weighted by Crippen LogP contribution is -2.61. The monoisotopic (exact) mass is 1020 g/mol. The van der Waals surface area contributed by atoms with E-state index in [0.717, 1.165) is 0 Å². The highest BCUT2D eigenvalue weighted by molar-refractivity contribution is 5.98. The van der Waals surface area contributed by atoms with Gasteiger partial charge in [-0.15, -0.1) is 0 Å². The smallest absolute Gasteiger partial charge is 0.408 e. The van der Waals surface area contributed by atoms with Crippen molar-refractivity contribution in [3.8, 4) is 5.75 Å². The van der Waals surface area contributed by atoms with E-state index in [1.807, 2.05) is 0 Å². The normalized spacial score (nSPS) is 13.9. The SMILES string of the molecule is CC(C)[C@H](NC(=O)[C@H](CC(=O)OC(C)(C)C)NC(=O)[C@H](Cc1ccccc1)NC(=O)[C@@H](C)NC(=O)[C@H](Cc1ccc(O)cc1)NC(=O)OCc1ccccc1)C(=O)N[C@H](C(=O)NCC(=O)OC(C)(C)C)C(C)C. The van der Waals surface area contributed by atoms with Crippen LogP contribution in [-0.2, 0) is 72.0 Å². The van der Waals surface area contributed by atoms with Crippen molar-refractivity contribution < 1.29 is 62.5 Å². The van der Waals surface area contributed by atoms with Crippen LogP contribution in [0.5, 0.6) is 5.75 Å². The standard InChI is InChI=1S/C53H73N7O13/c1-31(2)43(49(68)54-29-42(63)73-53(9,10)11)60-50(69)44(32(3)4)59-48(67)40(28-41(62)72-52(6,7)8)57-47(66)38(26-34-18-14-12-15-19-34)56-45(64)33(5)55-46(65)39(27-35-22-24-37(61)25-23-35)58-51(70)71-30-36-20-16-13-17-21-36/h12-25,31-33,38-40,43-44,61H,26-30H2,1-11H3,(H,54,68)(H,55,65)(H,56,64)(H,57,66)(H,58,70)(H,59,67)(H,60,69)/t33-,38+,39+,40+,43+,44+/m1/s1. The predicted molar refractivity (Wildman–Crippen MR) is 270 cm³/mol. The van der Waals surface area contributed by atoms with Gasteiger partial charge in [-0.05, 0) is 89.1 Å². The first-order chi connectivity index (χ1) is 34.1. The molecule has 20 heteroatoms. The Morgan fingerprint density at radius 3 is 1.45 bits per heavy atom. The van der Waals surface area contributed by atoms with E-state index in [4.69, 9.17) is 14.2 Å². The van der Waals surface area contributed by atoms with Crippen LogP contribution in [0.3, 0.4) is 0 Å². The molecule has 7 amide bonds. The molecule has 0 heterocycles. The number of alkyl carbamates (subject to hydrolysis) is 1. The van der Waals surface area contributed by atoms with Gasteiger partial charge in [0.15, 0.2) is 0 Å². The third-order valence-corrected chi connectivity index (χ3v) is 10.6. The average Bonchev–Trinajstić information content (AvgIpc) is 3.30. The van der Waals surface area contributed by atoms with Crippen LogP contribution in [-0.4, -0.2) is 113 Å². The Morgan fingerprint density at radius 2 is 0.918 bits per heavy atom. The van der Waals surface area contributed by atoms with Crippen LogP contribution in [0.4, 0.5) is 4.79 Å². The molecule has 20 nitrogen and oxygen atoms in total. The molecule has 0 unspecified atom stereocenters. The summed E-state index contributed by atoms with van der Waals surface area (Å²) in [7, 11) is 0. The molecule has 0 aliphatic carbocycles. The van der Waals surface area contributed by atoms with E-state index in [-0.39, 0.29) is 25.2 Å². The van der Waals surface area contributed by atoms with Gasteiger partial charge in [-0.2, -0.15) is 0 Å². The molecule has 6 atom stereocenters. The number of rotatable bonds is 24. The number of hydrogen-bond donors (Lipinski definition) is 8. The number of carbonyl (C=O) groups excluding carboxylic acids is 9. The topological polar surface area (TPSA) is 286 Å². The number of benzene rings is 3. The molecule has 8 N–H and O–H groups in total. The van der Waals surface area contributed by atoms with Crippen LogP contribution in [0.1, 0.15) is 99.3 Å². The van der Waals surface area contributed by atoms with E-state index in [0.29, 0.717) is 16.7 Å². The fourth-order valence-corrected chi connectivity index (χ4v) is 6.96. The fourth-order valence-electron chi connectivity index (χ4n) is 6.96. The van der Waals surface area contributed by atoms with Crippen molar-refractivity contribution in [1.29, 1.82) is 0 Å². The Kier molecular flexibility index (Phi) is 22.9. The number of carbonyl (C=O) groups is 9. The summed E-state index contributed by atoms with van der Waals surface area (Å²) in [4.78, 5) is 122. The number of ether oxygens (including phenoxy) is 3. The van der Waals surface area contributed by atoms with Gasteiger partial charge in [0.25, 0.3) is 0 Å². The molecular weight excluding hydrogens is 943 g/mol. The van der Waals surface area contributed by atoms with Gasteiger partial charge in [-0.1, -0.05) is 100 Å². The number of aromatic hydroxyl groups is 1. The Hall–Kier alpha value is -7.51. The minimum atomic E-state index is -1.67. The summed E-state index contributed by atoms with van der Waals surface area (Å²) in [5, 5.41) is 27.9. The third kappa shape index (κ3) is 22.2. The summed E-state index contributed by atoms with van der Waals surface area (Å²) < 4.78 is 16.1. The molecule has 398 valence electrons. The summed E-state index contributed by atoms with van der Waals surface area (Å²) >= 11 is 0. The summed E-state index contributed by atoms with van der Waals surface area (Å²) in [5.41, 5.74) is 0.0571. The zero-order chi connectivity index (χ0) is 54.6. The highest BCUT2D eigenvalue weighted by Crippen LogP contribution is 2.15. The number of esters is 2. The van der Waals surface area contributed by atoms with Gasteiger partial charge < -0.3 is 56.5 Å².